The molecule has 1 aromatic carbocycles. The molecule has 0 saturated heterocycles. The van der Waals surface area contributed by atoms with Crippen molar-refractivity contribution in [3.63, 3.8) is 0 Å². The zero-order valence-corrected chi connectivity index (χ0v) is 11.3. The second-order valence-corrected chi connectivity index (χ2v) is 4.29. The Morgan fingerprint density at radius 2 is 2.26 bits per heavy atom. The van der Waals surface area contributed by atoms with Crippen LogP contribution in [0.15, 0.2) is 18.2 Å². The maximum atomic E-state index is 11.4. The number of nitrogen functional groups attached to an aromatic ring is 1. The maximum absolute atomic E-state index is 11.4. The Morgan fingerprint density at radius 1 is 1.47 bits per heavy atom. The quantitative estimate of drug-likeness (QED) is 0.615. The lowest BCUT2D eigenvalue weighted by Gasteiger charge is -2.09. The first-order valence-electron chi connectivity index (χ1n) is 6.56. The van der Waals surface area contributed by atoms with E-state index in [9.17, 15) is 4.79 Å². The summed E-state index contributed by atoms with van der Waals surface area (Å²) in [5.74, 6) is 0.620. The lowest BCUT2D eigenvalue weighted by molar-refractivity contribution is -0.121. The van der Waals surface area contributed by atoms with Crippen molar-refractivity contribution in [2.45, 2.75) is 26.2 Å². The van der Waals surface area contributed by atoms with Crippen LogP contribution in [0.4, 0.5) is 5.69 Å². The van der Waals surface area contributed by atoms with E-state index in [1.54, 1.807) is 0 Å². The number of ether oxygens (including phenoxy) is 1. The number of amides is 1. The van der Waals surface area contributed by atoms with Crippen molar-refractivity contribution in [3.8, 4) is 5.75 Å². The molecule has 19 heavy (non-hydrogen) atoms. The van der Waals surface area contributed by atoms with Gasteiger partial charge < -0.3 is 20.9 Å². The molecule has 0 radical (unpaired) electrons. The molecule has 0 aliphatic rings. The van der Waals surface area contributed by atoms with E-state index in [0.29, 0.717) is 37.4 Å². The predicted molar refractivity (Wildman–Crippen MR) is 75.1 cm³/mol. The second-order valence-electron chi connectivity index (χ2n) is 4.29. The van der Waals surface area contributed by atoms with Crippen molar-refractivity contribution >= 4 is 11.6 Å². The summed E-state index contributed by atoms with van der Waals surface area (Å²) >= 11 is 0. The average molecular weight is 266 g/mol. The van der Waals surface area contributed by atoms with E-state index in [2.05, 4.69) is 5.32 Å². The van der Waals surface area contributed by atoms with Gasteiger partial charge in [0.25, 0.3) is 0 Å². The standard InChI is InChI=1S/C14H22N2O3/c1-2-9-19-13-5-3-11(10-12(13)15)4-6-14(18)16-7-8-17/h3,5,10,17H,2,4,6-9,15H2,1H3,(H,16,18). The number of carbonyl (C=O) groups is 1. The molecule has 0 aromatic heterocycles. The van der Waals surface area contributed by atoms with Gasteiger partial charge in [0.2, 0.25) is 5.91 Å². The third kappa shape index (κ3) is 5.61. The second kappa shape index (κ2) is 8.37. The fourth-order valence-electron chi connectivity index (χ4n) is 1.64. The Bertz CT molecular complexity index is 408. The van der Waals surface area contributed by atoms with Crippen LogP contribution < -0.4 is 15.8 Å². The lowest BCUT2D eigenvalue weighted by atomic mass is 10.1. The van der Waals surface area contributed by atoms with E-state index >= 15 is 0 Å². The molecule has 4 N–H and O–H groups in total. The van der Waals surface area contributed by atoms with E-state index in [1.165, 1.54) is 0 Å². The number of aliphatic hydroxyl groups excluding tert-OH is 1. The van der Waals surface area contributed by atoms with E-state index in [4.69, 9.17) is 15.6 Å². The summed E-state index contributed by atoms with van der Waals surface area (Å²) in [4.78, 5) is 11.4. The first-order valence-corrected chi connectivity index (χ1v) is 6.56. The van der Waals surface area contributed by atoms with E-state index in [0.717, 1.165) is 12.0 Å². The number of nitrogens with two attached hydrogens (primary N) is 1. The average Bonchev–Trinajstić information content (AvgIpc) is 2.41. The minimum absolute atomic E-state index is 0.0395. The molecule has 5 nitrogen and oxygen atoms in total. The molecule has 1 rings (SSSR count). The summed E-state index contributed by atoms with van der Waals surface area (Å²) in [7, 11) is 0. The van der Waals surface area contributed by atoms with Crippen LogP contribution in [-0.2, 0) is 11.2 Å². The molecule has 0 unspecified atom stereocenters. The van der Waals surface area contributed by atoms with E-state index in [1.807, 2.05) is 25.1 Å². The van der Waals surface area contributed by atoms with E-state index in [-0.39, 0.29) is 12.5 Å². The largest absolute Gasteiger partial charge is 0.491 e. The highest BCUT2D eigenvalue weighted by molar-refractivity contribution is 5.76. The van der Waals surface area contributed by atoms with Gasteiger partial charge in [-0.1, -0.05) is 13.0 Å². The van der Waals surface area contributed by atoms with Gasteiger partial charge in [0.05, 0.1) is 18.9 Å². The number of hydrogen-bond donors (Lipinski definition) is 3. The summed E-state index contributed by atoms with van der Waals surface area (Å²) in [6.07, 6.45) is 1.94. The molecule has 0 aliphatic carbocycles. The zero-order chi connectivity index (χ0) is 14.1. The molecular weight excluding hydrogens is 244 g/mol. The molecule has 0 heterocycles. The highest BCUT2D eigenvalue weighted by atomic mass is 16.5. The predicted octanol–water partition coefficient (Wildman–Crippen LogP) is 1.10. The van der Waals surface area contributed by atoms with Gasteiger partial charge in [-0.25, -0.2) is 0 Å². The highest BCUT2D eigenvalue weighted by Crippen LogP contribution is 2.23. The minimum Gasteiger partial charge on any atom is -0.491 e. The highest BCUT2D eigenvalue weighted by Gasteiger charge is 2.05. The zero-order valence-electron chi connectivity index (χ0n) is 11.3. The molecule has 0 saturated carbocycles. The summed E-state index contributed by atoms with van der Waals surface area (Å²) in [6, 6.07) is 5.59. The van der Waals surface area contributed by atoms with Crippen molar-refractivity contribution in [2.75, 3.05) is 25.5 Å². The van der Waals surface area contributed by atoms with Crippen molar-refractivity contribution in [1.82, 2.24) is 5.32 Å². The van der Waals surface area contributed by atoms with Crippen LogP contribution >= 0.6 is 0 Å². The third-order valence-electron chi connectivity index (χ3n) is 2.61. The minimum atomic E-state index is -0.0704. The number of aliphatic hydroxyl groups is 1. The maximum Gasteiger partial charge on any atom is 0.220 e. The number of benzene rings is 1. The van der Waals surface area contributed by atoms with Crippen LogP contribution in [0.5, 0.6) is 5.75 Å². The fourth-order valence-corrected chi connectivity index (χ4v) is 1.64. The smallest absolute Gasteiger partial charge is 0.220 e. The van der Waals surface area contributed by atoms with Gasteiger partial charge in [0, 0.05) is 13.0 Å². The van der Waals surface area contributed by atoms with Crippen LogP contribution in [0, 0.1) is 0 Å². The lowest BCUT2D eigenvalue weighted by Crippen LogP contribution is -2.26. The molecule has 1 amide bonds. The number of hydrogen-bond acceptors (Lipinski definition) is 4. The number of anilines is 1. The molecule has 1 aromatic rings. The van der Waals surface area contributed by atoms with Crippen LogP contribution in [0.1, 0.15) is 25.3 Å². The van der Waals surface area contributed by atoms with Crippen LogP contribution in [0.25, 0.3) is 0 Å². The summed E-state index contributed by atoms with van der Waals surface area (Å²) in [6.45, 7) is 2.94. The fraction of sp³-hybridized carbons (Fsp3) is 0.500. The summed E-state index contributed by atoms with van der Waals surface area (Å²) in [5, 5.41) is 11.2. The topological polar surface area (TPSA) is 84.6 Å². The van der Waals surface area contributed by atoms with Gasteiger partial charge in [0.15, 0.2) is 0 Å². The van der Waals surface area contributed by atoms with Crippen LogP contribution in [0.2, 0.25) is 0 Å². The number of aryl methyl sites for hydroxylation is 1. The Labute approximate surface area is 113 Å². The monoisotopic (exact) mass is 266 g/mol. The Kier molecular flexibility index (Phi) is 6.74. The Balaban J connectivity index is 2.47. The molecular formula is C14H22N2O3. The van der Waals surface area contributed by atoms with Gasteiger partial charge in [-0.05, 0) is 30.5 Å². The first-order chi connectivity index (χ1) is 9.17. The normalized spacial score (nSPS) is 10.2. The van der Waals surface area contributed by atoms with Gasteiger partial charge in [-0.2, -0.15) is 0 Å². The number of carbonyl (C=O) groups excluding carboxylic acids is 1. The van der Waals surface area contributed by atoms with Crippen molar-refractivity contribution in [2.24, 2.45) is 0 Å². The first kappa shape index (κ1) is 15.3. The van der Waals surface area contributed by atoms with Gasteiger partial charge >= 0.3 is 0 Å². The van der Waals surface area contributed by atoms with Crippen molar-refractivity contribution in [3.05, 3.63) is 23.8 Å². The summed E-state index contributed by atoms with van der Waals surface area (Å²) in [5.41, 5.74) is 7.49. The molecule has 0 fully saturated rings. The molecule has 106 valence electrons. The van der Waals surface area contributed by atoms with Gasteiger partial charge in [0.1, 0.15) is 5.75 Å². The molecule has 0 aliphatic heterocycles. The van der Waals surface area contributed by atoms with Crippen molar-refractivity contribution < 1.29 is 14.6 Å². The van der Waals surface area contributed by atoms with Crippen LogP contribution in [0.3, 0.4) is 0 Å². The molecule has 0 bridgehead atoms. The Hall–Kier alpha value is -1.75. The van der Waals surface area contributed by atoms with Crippen molar-refractivity contribution in [1.29, 1.82) is 0 Å². The van der Waals surface area contributed by atoms with E-state index < -0.39 is 0 Å². The molecule has 0 atom stereocenters. The Morgan fingerprint density at radius 3 is 2.89 bits per heavy atom. The SMILES string of the molecule is CCCOc1ccc(CCC(=O)NCCO)cc1N. The molecule has 0 spiro atoms. The number of rotatable bonds is 8. The van der Waals surface area contributed by atoms with Gasteiger partial charge in [-0.3, -0.25) is 4.79 Å². The van der Waals surface area contributed by atoms with Gasteiger partial charge in [-0.15, -0.1) is 0 Å². The molecule has 5 heteroatoms. The van der Waals surface area contributed by atoms with Crippen LogP contribution in [-0.4, -0.2) is 30.8 Å². The third-order valence-corrected chi connectivity index (χ3v) is 2.61. The summed E-state index contributed by atoms with van der Waals surface area (Å²) < 4.78 is 5.49. The number of nitrogens with one attached hydrogen (secondary N) is 1.